The van der Waals surface area contributed by atoms with E-state index in [1.54, 1.807) is 4.90 Å². The van der Waals surface area contributed by atoms with Crippen molar-refractivity contribution in [2.45, 2.75) is 32.6 Å². The van der Waals surface area contributed by atoms with Crippen molar-refractivity contribution in [1.82, 2.24) is 4.90 Å². The predicted octanol–water partition coefficient (Wildman–Crippen LogP) is 1.68. The van der Waals surface area contributed by atoms with Crippen LogP contribution in [0.25, 0.3) is 0 Å². The van der Waals surface area contributed by atoms with Crippen LogP contribution < -0.4 is 0 Å². The van der Waals surface area contributed by atoms with Crippen molar-refractivity contribution >= 4 is 27.3 Å². The van der Waals surface area contributed by atoms with Crippen LogP contribution in [0.15, 0.2) is 0 Å². The van der Waals surface area contributed by atoms with Gasteiger partial charge >= 0.3 is 0 Å². The molecule has 0 aromatic heterocycles. The van der Waals surface area contributed by atoms with E-state index in [-0.39, 0.29) is 17.4 Å². The van der Waals surface area contributed by atoms with Gasteiger partial charge in [-0.1, -0.05) is 6.92 Å². The molecule has 1 aliphatic heterocycles. The van der Waals surface area contributed by atoms with E-state index >= 15 is 0 Å². The summed E-state index contributed by atoms with van der Waals surface area (Å²) in [4.78, 5) is 13.4. The van der Waals surface area contributed by atoms with Crippen molar-refractivity contribution in [2.75, 3.05) is 30.5 Å². The highest BCUT2D eigenvalue weighted by molar-refractivity contribution is 7.92. The first-order chi connectivity index (χ1) is 8.44. The Balaban J connectivity index is 2.36. The number of nitrogens with zero attached hydrogens (tertiary/aromatic N) is 1. The summed E-state index contributed by atoms with van der Waals surface area (Å²) in [6, 6.07) is 0. The summed E-state index contributed by atoms with van der Waals surface area (Å²) in [6.07, 6.45) is 3.37. The minimum Gasteiger partial charge on any atom is -0.342 e. The van der Waals surface area contributed by atoms with Gasteiger partial charge in [0.2, 0.25) is 5.91 Å². The summed E-state index contributed by atoms with van der Waals surface area (Å²) in [6.45, 7) is 3.40. The van der Waals surface area contributed by atoms with E-state index in [1.807, 2.05) is 6.92 Å². The lowest BCUT2D eigenvalue weighted by Gasteiger charge is -2.15. The molecular weight excluding hydrogens is 274 g/mol. The van der Waals surface area contributed by atoms with Gasteiger partial charge in [0.15, 0.2) is 9.84 Å². The van der Waals surface area contributed by atoms with Crippen LogP contribution in [0.2, 0.25) is 0 Å². The van der Waals surface area contributed by atoms with E-state index in [2.05, 4.69) is 0 Å². The van der Waals surface area contributed by atoms with Gasteiger partial charge in [0.1, 0.15) is 5.75 Å². The van der Waals surface area contributed by atoms with Crippen molar-refractivity contribution in [2.24, 2.45) is 5.92 Å². The van der Waals surface area contributed by atoms with Crippen LogP contribution in [-0.4, -0.2) is 49.7 Å². The molecule has 1 heterocycles. The second kappa shape index (κ2) is 7.34. The molecule has 1 unspecified atom stereocenters. The first kappa shape index (κ1) is 15.8. The number of hydrogen-bond acceptors (Lipinski definition) is 3. The van der Waals surface area contributed by atoms with Crippen LogP contribution >= 0.6 is 11.6 Å². The van der Waals surface area contributed by atoms with Gasteiger partial charge in [-0.05, 0) is 31.6 Å². The fourth-order valence-corrected chi connectivity index (χ4v) is 3.87. The lowest BCUT2D eigenvalue weighted by atomic mass is 10.1. The summed E-state index contributed by atoms with van der Waals surface area (Å²) in [5, 5.41) is 0. The summed E-state index contributed by atoms with van der Waals surface area (Å²) in [5.41, 5.74) is 0. The quantitative estimate of drug-likeness (QED) is 0.672. The molecule has 1 rings (SSSR count). The number of alkyl halides is 1. The topological polar surface area (TPSA) is 54.5 Å². The SMILES string of the molecule is CC(CCCl)CCS(=O)(=O)CC(=O)N1CCCC1. The van der Waals surface area contributed by atoms with Gasteiger partial charge in [0, 0.05) is 19.0 Å². The Morgan fingerprint density at radius 2 is 1.89 bits per heavy atom. The molecule has 0 bridgehead atoms. The van der Waals surface area contributed by atoms with Crippen molar-refractivity contribution in [3.8, 4) is 0 Å². The minimum atomic E-state index is -3.27. The van der Waals surface area contributed by atoms with E-state index in [1.165, 1.54) is 0 Å². The molecule has 4 nitrogen and oxygen atoms in total. The zero-order valence-corrected chi connectivity index (χ0v) is 12.5. The summed E-state index contributed by atoms with van der Waals surface area (Å²) in [5.74, 6) is 0.357. The summed E-state index contributed by atoms with van der Waals surface area (Å²) in [7, 11) is -3.27. The fraction of sp³-hybridized carbons (Fsp3) is 0.917. The van der Waals surface area contributed by atoms with Gasteiger partial charge in [0.25, 0.3) is 0 Å². The van der Waals surface area contributed by atoms with E-state index in [4.69, 9.17) is 11.6 Å². The smallest absolute Gasteiger partial charge is 0.237 e. The maximum absolute atomic E-state index is 11.8. The molecule has 0 aromatic carbocycles. The lowest BCUT2D eigenvalue weighted by molar-refractivity contribution is -0.127. The average molecular weight is 296 g/mol. The van der Waals surface area contributed by atoms with Gasteiger partial charge in [0.05, 0.1) is 5.75 Å². The van der Waals surface area contributed by atoms with Crippen molar-refractivity contribution in [1.29, 1.82) is 0 Å². The molecule has 0 N–H and O–H groups in total. The molecule has 1 amide bonds. The first-order valence-electron chi connectivity index (χ1n) is 6.49. The maximum Gasteiger partial charge on any atom is 0.237 e. The number of rotatable bonds is 7. The maximum atomic E-state index is 11.8. The number of amides is 1. The molecule has 6 heteroatoms. The first-order valence-corrected chi connectivity index (χ1v) is 8.84. The van der Waals surface area contributed by atoms with Crippen molar-refractivity contribution in [3.05, 3.63) is 0 Å². The highest BCUT2D eigenvalue weighted by atomic mass is 35.5. The Labute approximate surface area is 115 Å². The molecular formula is C12H22ClNO3S. The van der Waals surface area contributed by atoms with E-state index in [0.717, 1.165) is 19.3 Å². The molecule has 0 saturated carbocycles. The molecule has 1 aliphatic rings. The molecule has 18 heavy (non-hydrogen) atoms. The molecule has 0 spiro atoms. The third-order valence-corrected chi connectivity index (χ3v) is 5.09. The lowest BCUT2D eigenvalue weighted by Crippen LogP contribution is -2.34. The third-order valence-electron chi connectivity index (χ3n) is 3.33. The van der Waals surface area contributed by atoms with Gasteiger partial charge < -0.3 is 4.90 Å². The number of hydrogen-bond donors (Lipinski definition) is 0. The Morgan fingerprint density at radius 1 is 1.28 bits per heavy atom. The molecule has 0 aromatic rings. The van der Waals surface area contributed by atoms with Gasteiger partial charge in [-0.2, -0.15) is 0 Å². The van der Waals surface area contributed by atoms with Crippen molar-refractivity contribution < 1.29 is 13.2 Å². The second-order valence-electron chi connectivity index (χ2n) is 5.05. The zero-order valence-electron chi connectivity index (χ0n) is 10.9. The highest BCUT2D eigenvalue weighted by Crippen LogP contribution is 2.12. The predicted molar refractivity (Wildman–Crippen MR) is 73.6 cm³/mol. The van der Waals surface area contributed by atoms with Gasteiger partial charge in [-0.3, -0.25) is 4.79 Å². The second-order valence-corrected chi connectivity index (χ2v) is 7.61. The van der Waals surface area contributed by atoms with Crippen LogP contribution in [0.5, 0.6) is 0 Å². The molecule has 0 aliphatic carbocycles. The molecule has 1 saturated heterocycles. The number of halogens is 1. The highest BCUT2D eigenvalue weighted by Gasteiger charge is 2.24. The molecule has 1 fully saturated rings. The van der Waals surface area contributed by atoms with Crippen LogP contribution in [0.4, 0.5) is 0 Å². The normalized spacial score (nSPS) is 18.0. The zero-order chi connectivity index (χ0) is 13.6. The van der Waals surface area contributed by atoms with Crippen LogP contribution in [0.1, 0.15) is 32.6 Å². The van der Waals surface area contributed by atoms with Crippen LogP contribution in [0, 0.1) is 5.92 Å². The third kappa shape index (κ3) is 5.57. The number of sulfone groups is 1. The Kier molecular flexibility index (Phi) is 6.43. The monoisotopic (exact) mass is 295 g/mol. The average Bonchev–Trinajstić information content (AvgIpc) is 2.80. The Hall–Kier alpha value is -0.290. The van der Waals surface area contributed by atoms with Crippen molar-refractivity contribution in [3.63, 3.8) is 0 Å². The Bertz CT molecular complexity index is 364. The number of carbonyl (C=O) groups excluding carboxylic acids is 1. The number of likely N-dealkylation sites (tertiary alicyclic amines) is 1. The van der Waals surface area contributed by atoms with Gasteiger partial charge in [-0.25, -0.2) is 8.42 Å². The van der Waals surface area contributed by atoms with E-state index in [9.17, 15) is 13.2 Å². The molecule has 1 atom stereocenters. The largest absolute Gasteiger partial charge is 0.342 e. The minimum absolute atomic E-state index is 0.0879. The molecule has 0 radical (unpaired) electrons. The Morgan fingerprint density at radius 3 is 2.44 bits per heavy atom. The molecule has 106 valence electrons. The standard InChI is InChI=1S/C12H22ClNO3S/c1-11(4-6-13)5-9-18(16,17)10-12(15)14-7-2-3-8-14/h11H,2-10H2,1H3. The summed E-state index contributed by atoms with van der Waals surface area (Å²) < 4.78 is 23.7. The summed E-state index contributed by atoms with van der Waals surface area (Å²) >= 11 is 5.61. The van der Waals surface area contributed by atoms with Gasteiger partial charge in [-0.15, -0.1) is 11.6 Å². The number of carbonyl (C=O) groups is 1. The fourth-order valence-electron chi connectivity index (χ4n) is 2.03. The van der Waals surface area contributed by atoms with Crippen LogP contribution in [0.3, 0.4) is 0 Å². The van der Waals surface area contributed by atoms with E-state index < -0.39 is 9.84 Å². The van der Waals surface area contributed by atoms with Crippen LogP contribution in [-0.2, 0) is 14.6 Å². The van der Waals surface area contributed by atoms with E-state index in [0.29, 0.717) is 31.3 Å².